The fraction of sp³-hybridized carbons (Fsp3) is 0.316. The molecule has 0 saturated heterocycles. The number of nitrogens with one attached hydrogen (secondary N) is 1. The van der Waals surface area contributed by atoms with Gasteiger partial charge in [-0.2, -0.15) is 5.26 Å². The first-order valence-electron chi connectivity index (χ1n) is 8.23. The molecule has 0 aliphatic carbocycles. The third-order valence-corrected chi connectivity index (χ3v) is 5.35. The molecule has 3 aromatic rings. The zero-order valence-electron chi connectivity index (χ0n) is 15.8. The van der Waals surface area contributed by atoms with Gasteiger partial charge in [-0.3, -0.25) is 0 Å². The zero-order valence-corrected chi connectivity index (χ0v) is 16.7. The summed E-state index contributed by atoms with van der Waals surface area (Å²) in [6.07, 6.45) is 0.486. The van der Waals surface area contributed by atoms with E-state index in [9.17, 15) is 5.26 Å². The van der Waals surface area contributed by atoms with E-state index >= 15 is 0 Å². The average Bonchev–Trinajstić information content (AvgIpc) is 3.02. The van der Waals surface area contributed by atoms with Gasteiger partial charge < -0.3 is 19.5 Å². The van der Waals surface area contributed by atoms with E-state index in [0.717, 1.165) is 27.2 Å². The molecule has 27 heavy (non-hydrogen) atoms. The lowest BCUT2D eigenvalue weighted by Gasteiger charge is -2.14. The monoisotopic (exact) mass is 384 g/mol. The van der Waals surface area contributed by atoms with Crippen LogP contribution in [0.2, 0.25) is 0 Å². The summed E-state index contributed by atoms with van der Waals surface area (Å²) in [5.41, 5.74) is 1.83. The van der Waals surface area contributed by atoms with Gasteiger partial charge in [0.1, 0.15) is 27.4 Å². The molecule has 0 spiro atoms. The largest absolute Gasteiger partial charge is 0.493 e. The average molecular weight is 384 g/mol. The summed E-state index contributed by atoms with van der Waals surface area (Å²) in [7, 11) is 6.55. The first-order chi connectivity index (χ1) is 13.1. The third kappa shape index (κ3) is 3.34. The van der Waals surface area contributed by atoms with Gasteiger partial charge in [0.25, 0.3) is 0 Å². The predicted octanol–water partition coefficient (Wildman–Crippen LogP) is 3.53. The number of hydrogen-bond acceptors (Lipinski definition) is 8. The van der Waals surface area contributed by atoms with Gasteiger partial charge in [-0.1, -0.05) is 0 Å². The molecular weight excluding hydrogens is 364 g/mol. The lowest BCUT2D eigenvalue weighted by molar-refractivity contribution is 0.324. The highest BCUT2D eigenvalue weighted by Crippen LogP contribution is 2.39. The number of nitriles is 1. The molecule has 0 saturated carbocycles. The standard InChI is InChI=1S/C19H20N4O3S/c1-10-14(9-20)27-19-16(10)18(21-2)22-15(23-19)8-11-6-12(24-3)17(26-5)13(7-11)25-4/h6-7H,8H2,1-5H3,(H,21,22,23). The second-order valence-electron chi connectivity index (χ2n) is 5.80. The molecule has 1 N–H and O–H groups in total. The van der Waals surface area contributed by atoms with Gasteiger partial charge in [-0.25, -0.2) is 9.97 Å². The van der Waals surface area contributed by atoms with Crippen molar-refractivity contribution < 1.29 is 14.2 Å². The molecule has 140 valence electrons. The van der Waals surface area contributed by atoms with E-state index in [1.165, 1.54) is 11.3 Å². The number of anilines is 1. The Hall–Kier alpha value is -3.05. The Kier molecular flexibility index (Phi) is 5.33. The van der Waals surface area contributed by atoms with Crippen LogP contribution in [0.4, 0.5) is 5.82 Å². The van der Waals surface area contributed by atoms with Crippen LogP contribution in [0.25, 0.3) is 10.2 Å². The van der Waals surface area contributed by atoms with E-state index in [-0.39, 0.29) is 0 Å². The van der Waals surface area contributed by atoms with Crippen LogP contribution in [0.1, 0.15) is 21.8 Å². The van der Waals surface area contributed by atoms with Crippen LogP contribution in [-0.4, -0.2) is 38.3 Å². The first kappa shape index (κ1) is 18.7. The minimum atomic E-state index is 0.486. The van der Waals surface area contributed by atoms with E-state index in [1.54, 1.807) is 21.3 Å². The van der Waals surface area contributed by atoms with Crippen molar-refractivity contribution in [3.63, 3.8) is 0 Å². The molecular formula is C19H20N4O3S. The maximum absolute atomic E-state index is 9.30. The molecule has 1 aromatic carbocycles. The molecule has 0 aliphatic heterocycles. The molecule has 0 atom stereocenters. The van der Waals surface area contributed by atoms with Crippen molar-refractivity contribution in [1.29, 1.82) is 5.26 Å². The Morgan fingerprint density at radius 2 is 1.78 bits per heavy atom. The summed E-state index contributed by atoms with van der Waals surface area (Å²) >= 11 is 1.38. The summed E-state index contributed by atoms with van der Waals surface area (Å²) in [6.45, 7) is 1.92. The van der Waals surface area contributed by atoms with Crippen molar-refractivity contribution in [2.75, 3.05) is 33.7 Å². The van der Waals surface area contributed by atoms with Crippen molar-refractivity contribution >= 4 is 27.4 Å². The fourth-order valence-electron chi connectivity index (χ4n) is 2.97. The second-order valence-corrected chi connectivity index (χ2v) is 6.80. The van der Waals surface area contributed by atoms with Crippen molar-refractivity contribution in [2.45, 2.75) is 13.3 Å². The summed E-state index contributed by atoms with van der Waals surface area (Å²) < 4.78 is 16.2. The molecule has 2 heterocycles. The SMILES string of the molecule is CNc1nc(Cc2cc(OC)c(OC)c(OC)c2)nc2sc(C#N)c(C)c12. The number of aromatic nitrogens is 2. The first-order valence-corrected chi connectivity index (χ1v) is 9.04. The maximum Gasteiger partial charge on any atom is 0.203 e. The van der Waals surface area contributed by atoms with Crippen LogP contribution in [0.15, 0.2) is 12.1 Å². The topological polar surface area (TPSA) is 89.3 Å². The highest BCUT2D eigenvalue weighted by atomic mass is 32.1. The van der Waals surface area contributed by atoms with Gasteiger partial charge in [0.15, 0.2) is 11.5 Å². The molecule has 0 amide bonds. The Labute approximate surface area is 161 Å². The molecule has 0 unspecified atom stereocenters. The van der Waals surface area contributed by atoms with Gasteiger partial charge in [0.2, 0.25) is 5.75 Å². The van der Waals surface area contributed by atoms with E-state index in [0.29, 0.717) is 34.4 Å². The van der Waals surface area contributed by atoms with E-state index < -0.39 is 0 Å². The molecule has 0 fully saturated rings. The fourth-order valence-corrected chi connectivity index (χ4v) is 3.97. The van der Waals surface area contributed by atoms with Gasteiger partial charge in [-0.05, 0) is 30.2 Å². The van der Waals surface area contributed by atoms with Crippen molar-refractivity contribution in [1.82, 2.24) is 9.97 Å². The number of benzene rings is 1. The van der Waals surface area contributed by atoms with E-state index in [4.69, 9.17) is 14.2 Å². The third-order valence-electron chi connectivity index (χ3n) is 4.26. The van der Waals surface area contributed by atoms with Crippen LogP contribution in [0.5, 0.6) is 17.2 Å². The minimum absolute atomic E-state index is 0.486. The van der Waals surface area contributed by atoms with Crippen LogP contribution < -0.4 is 19.5 Å². The minimum Gasteiger partial charge on any atom is -0.493 e. The normalized spacial score (nSPS) is 10.5. The molecule has 2 aromatic heterocycles. The molecule has 0 aliphatic rings. The maximum atomic E-state index is 9.30. The van der Waals surface area contributed by atoms with Crippen molar-refractivity contribution in [3.05, 3.63) is 34.0 Å². The van der Waals surface area contributed by atoms with E-state index in [1.807, 2.05) is 26.1 Å². The number of rotatable bonds is 6. The highest BCUT2D eigenvalue weighted by molar-refractivity contribution is 7.19. The summed E-state index contributed by atoms with van der Waals surface area (Å²) in [5.74, 6) is 3.08. The van der Waals surface area contributed by atoms with Gasteiger partial charge >= 0.3 is 0 Å². The van der Waals surface area contributed by atoms with Crippen LogP contribution in [0, 0.1) is 18.3 Å². The quantitative estimate of drug-likeness (QED) is 0.695. The lowest BCUT2D eigenvalue weighted by atomic mass is 10.1. The van der Waals surface area contributed by atoms with Gasteiger partial charge in [0, 0.05) is 13.5 Å². The Morgan fingerprint density at radius 1 is 1.11 bits per heavy atom. The number of thiophene rings is 1. The lowest BCUT2D eigenvalue weighted by Crippen LogP contribution is -2.03. The predicted molar refractivity (Wildman–Crippen MR) is 105 cm³/mol. The Balaban J connectivity index is 2.08. The van der Waals surface area contributed by atoms with Crippen molar-refractivity contribution in [2.24, 2.45) is 0 Å². The summed E-state index contributed by atoms with van der Waals surface area (Å²) in [4.78, 5) is 10.8. The number of ether oxygens (including phenoxy) is 3. The smallest absolute Gasteiger partial charge is 0.203 e. The summed E-state index contributed by atoms with van der Waals surface area (Å²) in [5, 5.41) is 13.3. The Bertz CT molecular complexity index is 1010. The molecule has 0 bridgehead atoms. The molecule has 7 nitrogen and oxygen atoms in total. The van der Waals surface area contributed by atoms with Crippen LogP contribution in [-0.2, 0) is 6.42 Å². The second kappa shape index (κ2) is 7.68. The van der Waals surface area contributed by atoms with Crippen LogP contribution in [0.3, 0.4) is 0 Å². The molecule has 0 radical (unpaired) electrons. The summed E-state index contributed by atoms with van der Waals surface area (Å²) in [6, 6.07) is 5.99. The number of nitrogens with zero attached hydrogens (tertiary/aromatic N) is 3. The zero-order chi connectivity index (χ0) is 19.6. The number of aryl methyl sites for hydroxylation is 1. The Morgan fingerprint density at radius 3 is 2.30 bits per heavy atom. The van der Waals surface area contributed by atoms with Gasteiger partial charge in [0.05, 0.1) is 26.7 Å². The van der Waals surface area contributed by atoms with Crippen LogP contribution >= 0.6 is 11.3 Å². The van der Waals surface area contributed by atoms with Crippen molar-refractivity contribution in [3.8, 4) is 23.3 Å². The molecule has 8 heteroatoms. The highest BCUT2D eigenvalue weighted by Gasteiger charge is 2.18. The van der Waals surface area contributed by atoms with Gasteiger partial charge in [-0.15, -0.1) is 11.3 Å². The molecule has 3 rings (SSSR count). The number of fused-ring (bicyclic) bond motifs is 1. The van der Waals surface area contributed by atoms with E-state index in [2.05, 4.69) is 21.4 Å². The number of methoxy groups -OCH3 is 3. The number of hydrogen-bond donors (Lipinski definition) is 1.